The fraction of sp³-hybridized carbons (Fsp3) is 0.619. The quantitative estimate of drug-likeness (QED) is 0.749. The SMILES string of the molecule is O=C(CNC(=O)C1CCCCC1)NCC(c1ccccc1Cl)N1CCCC1. The molecular weight excluding hydrogens is 362 g/mol. The van der Waals surface area contributed by atoms with Crippen LogP contribution in [0.1, 0.15) is 56.6 Å². The molecule has 0 aromatic heterocycles. The Bertz CT molecular complexity index is 640. The van der Waals surface area contributed by atoms with Crippen LogP contribution >= 0.6 is 11.6 Å². The number of amides is 2. The first kappa shape index (κ1) is 20.2. The number of likely N-dealkylation sites (tertiary alicyclic amines) is 1. The Morgan fingerprint density at radius 3 is 2.44 bits per heavy atom. The molecule has 2 N–H and O–H groups in total. The predicted molar refractivity (Wildman–Crippen MR) is 108 cm³/mol. The van der Waals surface area contributed by atoms with Crippen molar-refractivity contribution < 1.29 is 9.59 Å². The molecule has 1 atom stereocenters. The lowest BCUT2D eigenvalue weighted by Crippen LogP contribution is -2.43. The minimum Gasteiger partial charge on any atom is -0.353 e. The average molecular weight is 392 g/mol. The first-order valence-corrected chi connectivity index (χ1v) is 10.6. The van der Waals surface area contributed by atoms with Crippen LogP contribution in [0.3, 0.4) is 0 Å². The van der Waals surface area contributed by atoms with Gasteiger partial charge in [-0.1, -0.05) is 49.1 Å². The fourth-order valence-corrected chi connectivity index (χ4v) is 4.45. The van der Waals surface area contributed by atoms with Crippen molar-refractivity contribution in [1.82, 2.24) is 15.5 Å². The van der Waals surface area contributed by atoms with Gasteiger partial charge in [0.15, 0.2) is 0 Å². The molecule has 2 fully saturated rings. The highest BCUT2D eigenvalue weighted by Crippen LogP contribution is 2.29. The number of nitrogens with one attached hydrogen (secondary N) is 2. The Kier molecular flexibility index (Phi) is 7.53. The van der Waals surface area contributed by atoms with E-state index in [-0.39, 0.29) is 30.3 Å². The highest BCUT2D eigenvalue weighted by molar-refractivity contribution is 6.31. The van der Waals surface area contributed by atoms with Crippen LogP contribution in [0.15, 0.2) is 24.3 Å². The molecule has 5 nitrogen and oxygen atoms in total. The fourth-order valence-electron chi connectivity index (χ4n) is 4.18. The molecule has 0 bridgehead atoms. The van der Waals surface area contributed by atoms with Crippen LogP contribution in [-0.2, 0) is 9.59 Å². The Morgan fingerprint density at radius 1 is 1.04 bits per heavy atom. The summed E-state index contributed by atoms with van der Waals surface area (Å²) in [5.41, 5.74) is 1.05. The number of benzene rings is 1. The molecule has 1 heterocycles. The van der Waals surface area contributed by atoms with Crippen molar-refractivity contribution in [1.29, 1.82) is 0 Å². The summed E-state index contributed by atoms with van der Waals surface area (Å²) in [6, 6.07) is 7.90. The first-order chi connectivity index (χ1) is 13.1. The summed E-state index contributed by atoms with van der Waals surface area (Å²) in [6.45, 7) is 2.58. The van der Waals surface area contributed by atoms with Gasteiger partial charge in [0, 0.05) is 17.5 Å². The van der Waals surface area contributed by atoms with Crippen LogP contribution in [-0.4, -0.2) is 42.9 Å². The number of halogens is 1. The molecule has 1 aliphatic carbocycles. The van der Waals surface area contributed by atoms with Gasteiger partial charge in [-0.15, -0.1) is 0 Å². The molecule has 1 saturated heterocycles. The van der Waals surface area contributed by atoms with Gasteiger partial charge >= 0.3 is 0 Å². The second-order valence-electron chi connectivity index (χ2n) is 7.64. The van der Waals surface area contributed by atoms with Crippen LogP contribution < -0.4 is 10.6 Å². The summed E-state index contributed by atoms with van der Waals surface area (Å²) in [7, 11) is 0. The molecule has 1 aliphatic heterocycles. The van der Waals surface area contributed by atoms with E-state index in [2.05, 4.69) is 15.5 Å². The minimum absolute atomic E-state index is 0.0204. The zero-order valence-electron chi connectivity index (χ0n) is 15.9. The molecule has 1 saturated carbocycles. The Balaban J connectivity index is 1.51. The number of carbonyl (C=O) groups excluding carboxylic acids is 2. The standard InChI is InChI=1S/C21H30ClN3O2/c22-18-11-5-4-10-17(18)19(25-12-6-7-13-25)14-23-20(26)15-24-21(27)16-8-2-1-3-9-16/h4-5,10-11,16,19H,1-3,6-9,12-15H2,(H,23,26)(H,24,27). The summed E-state index contributed by atoms with van der Waals surface area (Å²) in [4.78, 5) is 26.9. The van der Waals surface area contributed by atoms with Gasteiger partial charge in [-0.25, -0.2) is 0 Å². The second-order valence-corrected chi connectivity index (χ2v) is 8.04. The van der Waals surface area contributed by atoms with E-state index in [1.54, 1.807) is 0 Å². The lowest BCUT2D eigenvalue weighted by molar-refractivity contribution is -0.129. The zero-order valence-corrected chi connectivity index (χ0v) is 16.6. The van der Waals surface area contributed by atoms with Crippen molar-refractivity contribution in [3.63, 3.8) is 0 Å². The second kappa shape index (κ2) is 10.1. The van der Waals surface area contributed by atoms with Gasteiger partial charge in [-0.05, 0) is 50.4 Å². The van der Waals surface area contributed by atoms with E-state index >= 15 is 0 Å². The monoisotopic (exact) mass is 391 g/mol. The van der Waals surface area contributed by atoms with E-state index in [0.29, 0.717) is 6.54 Å². The number of hydrogen-bond donors (Lipinski definition) is 2. The van der Waals surface area contributed by atoms with Gasteiger partial charge in [0.25, 0.3) is 0 Å². The zero-order chi connectivity index (χ0) is 19.1. The third-order valence-electron chi connectivity index (χ3n) is 5.74. The Morgan fingerprint density at radius 2 is 1.74 bits per heavy atom. The highest BCUT2D eigenvalue weighted by atomic mass is 35.5. The van der Waals surface area contributed by atoms with Crippen LogP contribution in [0.4, 0.5) is 0 Å². The van der Waals surface area contributed by atoms with Crippen molar-refractivity contribution in [3.05, 3.63) is 34.9 Å². The van der Waals surface area contributed by atoms with Crippen molar-refractivity contribution in [2.75, 3.05) is 26.2 Å². The molecule has 2 aliphatic rings. The molecule has 1 aromatic carbocycles. The summed E-state index contributed by atoms with van der Waals surface area (Å²) < 4.78 is 0. The summed E-state index contributed by atoms with van der Waals surface area (Å²) in [5, 5.41) is 6.53. The topological polar surface area (TPSA) is 61.4 Å². The van der Waals surface area contributed by atoms with Gasteiger partial charge in [0.2, 0.25) is 11.8 Å². The van der Waals surface area contributed by atoms with Crippen LogP contribution in [0.5, 0.6) is 0 Å². The Labute approximate surface area is 166 Å². The maximum Gasteiger partial charge on any atom is 0.239 e. The lowest BCUT2D eigenvalue weighted by atomic mass is 9.89. The normalized spacial score (nSPS) is 19.6. The predicted octanol–water partition coefficient (Wildman–Crippen LogP) is 3.29. The van der Waals surface area contributed by atoms with Crippen molar-refractivity contribution in [2.45, 2.75) is 51.0 Å². The summed E-state index contributed by atoms with van der Waals surface area (Å²) in [5.74, 6) is -0.0468. The molecule has 6 heteroatoms. The maximum absolute atomic E-state index is 12.3. The van der Waals surface area contributed by atoms with E-state index < -0.39 is 0 Å². The first-order valence-electron chi connectivity index (χ1n) is 10.2. The molecule has 0 radical (unpaired) electrons. The van der Waals surface area contributed by atoms with Gasteiger partial charge in [0.1, 0.15) is 0 Å². The lowest BCUT2D eigenvalue weighted by Gasteiger charge is -2.29. The number of rotatable bonds is 7. The Hall–Kier alpha value is -1.59. The van der Waals surface area contributed by atoms with Crippen LogP contribution in [0.25, 0.3) is 0 Å². The number of carbonyl (C=O) groups is 2. The van der Waals surface area contributed by atoms with Gasteiger partial charge in [-0.3, -0.25) is 14.5 Å². The van der Waals surface area contributed by atoms with Crippen molar-refractivity contribution in [3.8, 4) is 0 Å². The molecular formula is C21H30ClN3O2. The van der Waals surface area contributed by atoms with Crippen molar-refractivity contribution >= 4 is 23.4 Å². The average Bonchev–Trinajstić information content (AvgIpc) is 3.23. The molecule has 3 rings (SSSR count). The summed E-state index contributed by atoms with van der Waals surface area (Å²) in [6.07, 6.45) is 7.66. The smallest absolute Gasteiger partial charge is 0.239 e. The van der Waals surface area contributed by atoms with E-state index in [1.165, 1.54) is 19.3 Å². The minimum atomic E-state index is -0.143. The van der Waals surface area contributed by atoms with Crippen LogP contribution in [0, 0.1) is 5.92 Å². The third kappa shape index (κ3) is 5.69. The molecule has 1 aromatic rings. The van der Waals surface area contributed by atoms with Gasteiger partial charge in [-0.2, -0.15) is 0 Å². The number of hydrogen-bond acceptors (Lipinski definition) is 3. The highest BCUT2D eigenvalue weighted by Gasteiger charge is 2.26. The van der Waals surface area contributed by atoms with E-state index in [0.717, 1.165) is 49.4 Å². The third-order valence-corrected chi connectivity index (χ3v) is 6.08. The van der Waals surface area contributed by atoms with E-state index in [1.807, 2.05) is 24.3 Å². The summed E-state index contributed by atoms with van der Waals surface area (Å²) >= 11 is 6.41. The van der Waals surface area contributed by atoms with E-state index in [4.69, 9.17) is 11.6 Å². The molecule has 1 unspecified atom stereocenters. The van der Waals surface area contributed by atoms with Gasteiger partial charge in [0.05, 0.1) is 12.6 Å². The van der Waals surface area contributed by atoms with Crippen molar-refractivity contribution in [2.24, 2.45) is 5.92 Å². The maximum atomic E-state index is 12.3. The van der Waals surface area contributed by atoms with Gasteiger partial charge < -0.3 is 10.6 Å². The van der Waals surface area contributed by atoms with Crippen LogP contribution in [0.2, 0.25) is 5.02 Å². The number of nitrogens with zero attached hydrogens (tertiary/aromatic N) is 1. The molecule has 0 spiro atoms. The van der Waals surface area contributed by atoms with E-state index in [9.17, 15) is 9.59 Å². The molecule has 2 amide bonds. The molecule has 148 valence electrons. The molecule has 27 heavy (non-hydrogen) atoms. The largest absolute Gasteiger partial charge is 0.353 e.